The highest BCUT2D eigenvalue weighted by atomic mass is 35.5. The lowest BCUT2D eigenvalue weighted by Gasteiger charge is -2.23. The van der Waals surface area contributed by atoms with Crippen LogP contribution in [-0.4, -0.2) is 18.8 Å². The summed E-state index contributed by atoms with van der Waals surface area (Å²) >= 11 is 6.06. The van der Waals surface area contributed by atoms with Crippen LogP contribution in [0.2, 0.25) is 5.02 Å². The van der Waals surface area contributed by atoms with Gasteiger partial charge in [-0.3, -0.25) is 0 Å². The number of halogens is 2. The molecule has 2 atom stereocenters. The van der Waals surface area contributed by atoms with Gasteiger partial charge in [0.25, 0.3) is 0 Å². The average Bonchev–Trinajstić information content (AvgIpc) is 2.50. The van der Waals surface area contributed by atoms with Crippen molar-refractivity contribution in [3.05, 3.63) is 64.4 Å². The van der Waals surface area contributed by atoms with Crippen LogP contribution in [0.25, 0.3) is 0 Å². The number of aliphatic hydroxyl groups is 1. The SMILES string of the molecule is COc1cccc(C(O)C(CN)c2ccc(F)cc2Cl)c1. The van der Waals surface area contributed by atoms with Gasteiger partial charge in [0.1, 0.15) is 11.6 Å². The highest BCUT2D eigenvalue weighted by Gasteiger charge is 2.24. The smallest absolute Gasteiger partial charge is 0.124 e. The topological polar surface area (TPSA) is 55.5 Å². The van der Waals surface area contributed by atoms with Gasteiger partial charge < -0.3 is 15.6 Å². The van der Waals surface area contributed by atoms with Crippen molar-refractivity contribution in [3.63, 3.8) is 0 Å². The van der Waals surface area contributed by atoms with Gasteiger partial charge in [-0.1, -0.05) is 29.8 Å². The number of aliphatic hydroxyl groups excluding tert-OH is 1. The zero-order chi connectivity index (χ0) is 15.4. The van der Waals surface area contributed by atoms with Crippen molar-refractivity contribution in [1.82, 2.24) is 0 Å². The van der Waals surface area contributed by atoms with E-state index in [1.807, 2.05) is 0 Å². The van der Waals surface area contributed by atoms with E-state index in [0.717, 1.165) is 0 Å². The zero-order valence-corrected chi connectivity index (χ0v) is 12.3. The maximum Gasteiger partial charge on any atom is 0.124 e. The van der Waals surface area contributed by atoms with E-state index in [-0.39, 0.29) is 11.6 Å². The van der Waals surface area contributed by atoms with E-state index in [9.17, 15) is 9.50 Å². The first-order valence-corrected chi connectivity index (χ1v) is 6.91. The van der Waals surface area contributed by atoms with Crippen molar-refractivity contribution in [2.24, 2.45) is 5.73 Å². The second-order valence-corrected chi connectivity index (χ2v) is 5.14. The fourth-order valence-electron chi connectivity index (χ4n) is 2.29. The number of benzene rings is 2. The first kappa shape index (κ1) is 15.8. The minimum atomic E-state index is -0.854. The average molecular weight is 310 g/mol. The molecule has 0 aliphatic heterocycles. The van der Waals surface area contributed by atoms with Crippen molar-refractivity contribution in [1.29, 1.82) is 0 Å². The molecule has 2 aromatic carbocycles. The Kier molecular flexibility index (Phi) is 5.17. The summed E-state index contributed by atoms with van der Waals surface area (Å²) in [5, 5.41) is 10.8. The number of hydrogen-bond donors (Lipinski definition) is 2. The minimum absolute atomic E-state index is 0.184. The molecule has 21 heavy (non-hydrogen) atoms. The molecule has 2 aromatic rings. The van der Waals surface area contributed by atoms with Crippen molar-refractivity contribution in [2.75, 3.05) is 13.7 Å². The monoisotopic (exact) mass is 309 g/mol. The Hall–Kier alpha value is -1.62. The Bertz CT molecular complexity index is 621. The molecule has 0 aliphatic carbocycles. The molecule has 0 fully saturated rings. The third kappa shape index (κ3) is 3.53. The van der Waals surface area contributed by atoms with E-state index in [0.29, 0.717) is 16.9 Å². The van der Waals surface area contributed by atoms with E-state index in [4.69, 9.17) is 22.1 Å². The second-order valence-electron chi connectivity index (χ2n) is 4.73. The Labute approximate surface area is 128 Å². The lowest BCUT2D eigenvalue weighted by Crippen LogP contribution is -2.20. The molecule has 0 amide bonds. The van der Waals surface area contributed by atoms with Crippen molar-refractivity contribution in [3.8, 4) is 5.75 Å². The summed E-state index contributed by atoms with van der Waals surface area (Å²) in [6.07, 6.45) is -0.854. The summed E-state index contributed by atoms with van der Waals surface area (Å²) in [6.45, 7) is 0.184. The fraction of sp³-hybridized carbons (Fsp3) is 0.250. The summed E-state index contributed by atoms with van der Waals surface area (Å²) in [5.41, 5.74) is 7.07. The molecule has 0 spiro atoms. The van der Waals surface area contributed by atoms with Crippen LogP contribution in [0.5, 0.6) is 5.75 Å². The Morgan fingerprint density at radius 3 is 2.67 bits per heavy atom. The molecule has 0 bridgehead atoms. The lowest BCUT2D eigenvalue weighted by molar-refractivity contribution is 0.147. The van der Waals surface area contributed by atoms with Crippen molar-refractivity contribution < 1.29 is 14.2 Å². The van der Waals surface area contributed by atoms with Gasteiger partial charge in [0.15, 0.2) is 0 Å². The Morgan fingerprint density at radius 2 is 2.05 bits per heavy atom. The van der Waals surface area contributed by atoms with Gasteiger partial charge in [0.2, 0.25) is 0 Å². The summed E-state index contributed by atoms with van der Waals surface area (Å²) in [4.78, 5) is 0. The van der Waals surface area contributed by atoms with Crippen LogP contribution in [0.15, 0.2) is 42.5 Å². The van der Waals surface area contributed by atoms with E-state index in [2.05, 4.69) is 0 Å². The summed E-state index contributed by atoms with van der Waals surface area (Å²) in [7, 11) is 1.56. The maximum atomic E-state index is 13.1. The predicted molar refractivity (Wildman–Crippen MR) is 81.2 cm³/mol. The third-order valence-corrected chi connectivity index (χ3v) is 3.76. The third-order valence-electron chi connectivity index (χ3n) is 3.43. The van der Waals surface area contributed by atoms with Crippen LogP contribution in [0.4, 0.5) is 4.39 Å². The van der Waals surface area contributed by atoms with Crippen LogP contribution in [0.1, 0.15) is 23.1 Å². The molecule has 0 heterocycles. The molecule has 0 saturated carbocycles. The molecular formula is C16H17ClFNO2. The Balaban J connectivity index is 2.35. The molecule has 2 unspecified atom stereocenters. The van der Waals surface area contributed by atoms with Gasteiger partial charge >= 0.3 is 0 Å². The fourth-order valence-corrected chi connectivity index (χ4v) is 2.59. The summed E-state index contributed by atoms with van der Waals surface area (Å²) < 4.78 is 18.3. The number of rotatable bonds is 5. The normalized spacial score (nSPS) is 13.8. The van der Waals surface area contributed by atoms with Crippen LogP contribution < -0.4 is 10.5 Å². The minimum Gasteiger partial charge on any atom is -0.497 e. The molecule has 112 valence electrons. The van der Waals surface area contributed by atoms with E-state index >= 15 is 0 Å². The largest absolute Gasteiger partial charge is 0.497 e. The van der Waals surface area contributed by atoms with Gasteiger partial charge in [-0.25, -0.2) is 4.39 Å². The van der Waals surface area contributed by atoms with Gasteiger partial charge in [0, 0.05) is 17.5 Å². The molecular weight excluding hydrogens is 293 g/mol. The first-order valence-electron chi connectivity index (χ1n) is 6.54. The van der Waals surface area contributed by atoms with Crippen LogP contribution >= 0.6 is 11.6 Å². The van der Waals surface area contributed by atoms with Crippen molar-refractivity contribution >= 4 is 11.6 Å². The Morgan fingerprint density at radius 1 is 1.29 bits per heavy atom. The van der Waals surface area contributed by atoms with Gasteiger partial charge in [-0.15, -0.1) is 0 Å². The van der Waals surface area contributed by atoms with Gasteiger partial charge in [0.05, 0.1) is 13.2 Å². The molecule has 0 aromatic heterocycles. The second kappa shape index (κ2) is 6.89. The number of methoxy groups -OCH3 is 1. The quantitative estimate of drug-likeness (QED) is 0.891. The maximum absolute atomic E-state index is 13.1. The molecule has 0 saturated heterocycles. The zero-order valence-electron chi connectivity index (χ0n) is 11.6. The van der Waals surface area contributed by atoms with Crippen LogP contribution in [0, 0.1) is 5.82 Å². The molecule has 5 heteroatoms. The highest BCUT2D eigenvalue weighted by molar-refractivity contribution is 6.31. The molecule has 2 rings (SSSR count). The first-order chi connectivity index (χ1) is 10.1. The lowest BCUT2D eigenvalue weighted by atomic mass is 9.89. The molecule has 3 N–H and O–H groups in total. The van der Waals surface area contributed by atoms with E-state index in [1.54, 1.807) is 37.4 Å². The number of ether oxygens (including phenoxy) is 1. The molecule has 3 nitrogen and oxygen atoms in total. The number of hydrogen-bond acceptors (Lipinski definition) is 3. The molecule has 0 aliphatic rings. The summed E-state index contributed by atoms with van der Waals surface area (Å²) in [6, 6.07) is 11.2. The predicted octanol–water partition coefficient (Wildman–Crippen LogP) is 3.26. The summed E-state index contributed by atoms with van der Waals surface area (Å²) in [5.74, 6) is -0.201. The van der Waals surface area contributed by atoms with Crippen molar-refractivity contribution in [2.45, 2.75) is 12.0 Å². The number of nitrogens with two attached hydrogens (primary N) is 1. The highest BCUT2D eigenvalue weighted by Crippen LogP contribution is 2.35. The standard InChI is InChI=1S/C16H17ClFNO2/c1-21-12-4-2-3-10(7-12)16(20)14(9-19)13-6-5-11(18)8-15(13)17/h2-8,14,16,20H,9,19H2,1H3. The van der Waals surface area contributed by atoms with Gasteiger partial charge in [-0.05, 0) is 35.4 Å². The van der Waals surface area contributed by atoms with E-state index < -0.39 is 17.8 Å². The van der Waals surface area contributed by atoms with Crippen LogP contribution in [-0.2, 0) is 0 Å². The van der Waals surface area contributed by atoms with Gasteiger partial charge in [-0.2, -0.15) is 0 Å². The molecule has 0 radical (unpaired) electrons. The van der Waals surface area contributed by atoms with Crippen LogP contribution in [0.3, 0.4) is 0 Å². The van der Waals surface area contributed by atoms with E-state index in [1.165, 1.54) is 12.1 Å².